The first-order valence-electron chi connectivity index (χ1n) is 8.78. The van der Waals surface area contributed by atoms with E-state index in [4.69, 9.17) is 0 Å². The van der Waals surface area contributed by atoms with Crippen molar-refractivity contribution in [2.45, 2.75) is 23.6 Å². The third kappa shape index (κ3) is 4.84. The molecular weight excluding hydrogens is 377 g/mol. The van der Waals surface area contributed by atoms with E-state index in [1.807, 2.05) is 0 Å². The molecule has 0 radical (unpaired) electrons. The second-order valence-electron chi connectivity index (χ2n) is 6.52. The van der Waals surface area contributed by atoms with Crippen molar-refractivity contribution in [1.82, 2.24) is 5.32 Å². The van der Waals surface area contributed by atoms with Gasteiger partial charge in [-0.2, -0.15) is 0 Å². The molecular formula is C22H20FNO3S. The predicted molar refractivity (Wildman–Crippen MR) is 106 cm³/mol. The molecule has 6 heteroatoms. The van der Waals surface area contributed by atoms with Crippen LogP contribution in [-0.4, -0.2) is 14.3 Å². The maximum absolute atomic E-state index is 13.3. The number of hydrogen-bond donors (Lipinski definition) is 1. The molecule has 0 aromatic heterocycles. The van der Waals surface area contributed by atoms with Crippen LogP contribution in [0, 0.1) is 5.82 Å². The van der Waals surface area contributed by atoms with Crippen molar-refractivity contribution < 1.29 is 17.6 Å². The van der Waals surface area contributed by atoms with Gasteiger partial charge in [-0.15, -0.1) is 0 Å². The lowest BCUT2D eigenvalue weighted by Gasteiger charge is -2.14. The average Bonchev–Trinajstić information content (AvgIpc) is 2.69. The minimum absolute atomic E-state index is 0.140. The monoisotopic (exact) mass is 397 g/mol. The van der Waals surface area contributed by atoms with E-state index in [1.54, 1.807) is 73.7 Å². The quantitative estimate of drug-likeness (QED) is 0.675. The van der Waals surface area contributed by atoms with Gasteiger partial charge in [-0.05, 0) is 54.4 Å². The molecule has 0 aliphatic rings. The van der Waals surface area contributed by atoms with Gasteiger partial charge in [0.1, 0.15) is 5.82 Å². The van der Waals surface area contributed by atoms with Crippen LogP contribution < -0.4 is 5.32 Å². The van der Waals surface area contributed by atoms with Gasteiger partial charge in [-0.3, -0.25) is 4.79 Å². The number of carbonyl (C=O) groups excluding carboxylic acids is 1. The summed E-state index contributed by atoms with van der Waals surface area (Å²) in [7, 11) is -3.44. The van der Waals surface area contributed by atoms with Crippen molar-refractivity contribution in [3.05, 3.63) is 101 Å². The summed E-state index contributed by atoms with van der Waals surface area (Å²) in [5, 5.41) is 2.81. The Labute approximate surface area is 164 Å². The Kier molecular flexibility index (Phi) is 5.90. The van der Waals surface area contributed by atoms with E-state index in [1.165, 1.54) is 12.1 Å². The number of nitrogens with one attached hydrogen (secondary N) is 1. The zero-order chi connectivity index (χ0) is 20.1. The highest BCUT2D eigenvalue weighted by Crippen LogP contribution is 2.18. The van der Waals surface area contributed by atoms with E-state index in [-0.39, 0.29) is 28.4 Å². The highest BCUT2D eigenvalue weighted by atomic mass is 32.2. The summed E-state index contributed by atoms with van der Waals surface area (Å²) in [5.41, 5.74) is 1.67. The summed E-state index contributed by atoms with van der Waals surface area (Å²) in [6, 6.07) is 20.4. The molecule has 144 valence electrons. The van der Waals surface area contributed by atoms with Crippen molar-refractivity contribution in [3.8, 4) is 0 Å². The SMILES string of the molecule is C[C@H](NC(=O)c1ccc(CS(=O)(=O)c2ccccc2)cc1)c1cccc(F)c1. The molecule has 0 unspecified atom stereocenters. The van der Waals surface area contributed by atoms with Crippen LogP contribution in [0.2, 0.25) is 0 Å². The van der Waals surface area contributed by atoms with Gasteiger partial charge in [0.2, 0.25) is 0 Å². The Morgan fingerprint density at radius 2 is 1.64 bits per heavy atom. The van der Waals surface area contributed by atoms with Crippen molar-refractivity contribution in [3.63, 3.8) is 0 Å². The molecule has 0 saturated carbocycles. The first-order valence-corrected chi connectivity index (χ1v) is 10.4. The normalized spacial score (nSPS) is 12.4. The Morgan fingerprint density at radius 3 is 2.29 bits per heavy atom. The van der Waals surface area contributed by atoms with Crippen LogP contribution >= 0.6 is 0 Å². The summed E-state index contributed by atoms with van der Waals surface area (Å²) >= 11 is 0. The standard InChI is InChI=1S/C22H20FNO3S/c1-16(19-6-5-7-20(23)14-19)24-22(25)18-12-10-17(11-13-18)15-28(26,27)21-8-3-2-4-9-21/h2-14,16H,15H2,1H3,(H,24,25)/t16-/m0/s1. The van der Waals surface area contributed by atoms with E-state index in [2.05, 4.69) is 5.32 Å². The highest BCUT2D eigenvalue weighted by molar-refractivity contribution is 7.90. The van der Waals surface area contributed by atoms with E-state index in [0.717, 1.165) is 0 Å². The van der Waals surface area contributed by atoms with E-state index in [9.17, 15) is 17.6 Å². The average molecular weight is 397 g/mol. The lowest BCUT2D eigenvalue weighted by atomic mass is 10.1. The second-order valence-corrected chi connectivity index (χ2v) is 8.51. The number of benzene rings is 3. The number of amides is 1. The molecule has 1 atom stereocenters. The fourth-order valence-electron chi connectivity index (χ4n) is 2.82. The molecule has 3 aromatic carbocycles. The van der Waals surface area contributed by atoms with Crippen LogP contribution in [0.5, 0.6) is 0 Å². The topological polar surface area (TPSA) is 63.2 Å². The first kappa shape index (κ1) is 19.8. The second kappa shape index (κ2) is 8.35. The molecule has 0 bridgehead atoms. The molecule has 0 heterocycles. The molecule has 3 rings (SSSR count). The molecule has 1 amide bonds. The van der Waals surface area contributed by atoms with Crippen LogP contribution in [0.25, 0.3) is 0 Å². The number of carbonyl (C=O) groups is 1. The fraction of sp³-hybridized carbons (Fsp3) is 0.136. The van der Waals surface area contributed by atoms with Gasteiger partial charge in [0.05, 0.1) is 16.7 Å². The number of sulfone groups is 1. The van der Waals surface area contributed by atoms with Gasteiger partial charge in [-0.25, -0.2) is 12.8 Å². The van der Waals surface area contributed by atoms with Crippen molar-refractivity contribution in [1.29, 1.82) is 0 Å². The van der Waals surface area contributed by atoms with Crippen LogP contribution in [-0.2, 0) is 15.6 Å². The Bertz CT molecular complexity index is 1060. The van der Waals surface area contributed by atoms with Gasteiger partial charge in [0.25, 0.3) is 5.91 Å². The highest BCUT2D eigenvalue weighted by Gasteiger charge is 2.16. The number of halogens is 1. The number of hydrogen-bond acceptors (Lipinski definition) is 3. The lowest BCUT2D eigenvalue weighted by Crippen LogP contribution is -2.26. The fourth-order valence-corrected chi connectivity index (χ4v) is 4.19. The first-order chi connectivity index (χ1) is 13.3. The van der Waals surface area contributed by atoms with Crippen LogP contribution in [0.4, 0.5) is 4.39 Å². The largest absolute Gasteiger partial charge is 0.346 e. The summed E-state index contributed by atoms with van der Waals surface area (Å²) < 4.78 is 38.2. The van der Waals surface area contributed by atoms with Crippen molar-refractivity contribution in [2.24, 2.45) is 0 Å². The third-order valence-corrected chi connectivity index (χ3v) is 6.08. The molecule has 0 fully saturated rings. The molecule has 3 aromatic rings. The van der Waals surface area contributed by atoms with Crippen LogP contribution in [0.1, 0.15) is 34.5 Å². The Morgan fingerprint density at radius 1 is 0.964 bits per heavy atom. The zero-order valence-electron chi connectivity index (χ0n) is 15.3. The van der Waals surface area contributed by atoms with Gasteiger partial charge < -0.3 is 5.32 Å². The number of rotatable bonds is 6. The van der Waals surface area contributed by atoms with Gasteiger partial charge in [0.15, 0.2) is 9.84 Å². The summed E-state index contributed by atoms with van der Waals surface area (Å²) in [6.07, 6.45) is 0. The maximum Gasteiger partial charge on any atom is 0.251 e. The van der Waals surface area contributed by atoms with Crippen LogP contribution in [0.3, 0.4) is 0 Å². The summed E-state index contributed by atoms with van der Waals surface area (Å²) in [4.78, 5) is 12.7. The van der Waals surface area contributed by atoms with Crippen LogP contribution in [0.15, 0.2) is 83.8 Å². The van der Waals surface area contributed by atoms with Gasteiger partial charge in [0, 0.05) is 5.56 Å². The minimum atomic E-state index is -3.44. The molecule has 0 aliphatic carbocycles. The van der Waals surface area contributed by atoms with Gasteiger partial charge in [-0.1, -0.05) is 42.5 Å². The molecule has 28 heavy (non-hydrogen) atoms. The maximum atomic E-state index is 13.3. The molecule has 4 nitrogen and oxygen atoms in total. The summed E-state index contributed by atoms with van der Waals surface area (Å²) in [5.74, 6) is -0.810. The Hall–Kier alpha value is -2.99. The molecule has 1 N–H and O–H groups in total. The molecule has 0 spiro atoms. The smallest absolute Gasteiger partial charge is 0.251 e. The zero-order valence-corrected chi connectivity index (χ0v) is 16.1. The van der Waals surface area contributed by atoms with E-state index >= 15 is 0 Å². The van der Waals surface area contributed by atoms with Crippen molar-refractivity contribution >= 4 is 15.7 Å². The van der Waals surface area contributed by atoms with Gasteiger partial charge >= 0.3 is 0 Å². The predicted octanol–water partition coefficient (Wildman–Crippen LogP) is 4.29. The lowest BCUT2D eigenvalue weighted by molar-refractivity contribution is 0.0940. The van der Waals surface area contributed by atoms with E-state index in [0.29, 0.717) is 16.7 Å². The van der Waals surface area contributed by atoms with E-state index < -0.39 is 9.84 Å². The Balaban J connectivity index is 1.67. The third-order valence-electron chi connectivity index (χ3n) is 4.37. The minimum Gasteiger partial charge on any atom is -0.346 e. The molecule has 0 saturated heterocycles. The summed E-state index contributed by atoms with van der Waals surface area (Å²) in [6.45, 7) is 1.77. The van der Waals surface area contributed by atoms with Crippen molar-refractivity contribution in [2.75, 3.05) is 0 Å². The molecule has 0 aliphatic heterocycles.